The van der Waals surface area contributed by atoms with Gasteiger partial charge in [0.25, 0.3) is 15.6 Å². The predicted molar refractivity (Wildman–Crippen MR) is 82.5 cm³/mol. The Morgan fingerprint density at radius 1 is 1.23 bits per heavy atom. The number of aromatic amines is 1. The van der Waals surface area contributed by atoms with Gasteiger partial charge in [-0.1, -0.05) is 18.2 Å². The molecule has 0 aliphatic carbocycles. The van der Waals surface area contributed by atoms with Crippen molar-refractivity contribution in [1.29, 1.82) is 0 Å². The van der Waals surface area contributed by atoms with Crippen LogP contribution in [0.25, 0.3) is 5.52 Å². The lowest BCUT2D eigenvalue weighted by Crippen LogP contribution is -2.13. The standard InChI is InChI=1S/C14H14N4O3S/c1-9-5-3-4-6-12(9)17-22(20,21)11-7-13-14(19)16-15-10(2)18(13)8-11/h3-8,17H,1-2H3,(H,16,19). The van der Waals surface area contributed by atoms with Gasteiger partial charge in [0.15, 0.2) is 0 Å². The van der Waals surface area contributed by atoms with E-state index in [9.17, 15) is 13.2 Å². The Morgan fingerprint density at radius 3 is 2.64 bits per heavy atom. The molecule has 2 N–H and O–H groups in total. The number of sulfonamides is 1. The first-order chi connectivity index (χ1) is 10.4. The Labute approximate surface area is 126 Å². The smallest absolute Gasteiger partial charge is 0.288 e. The van der Waals surface area contributed by atoms with Crippen molar-refractivity contribution < 1.29 is 8.42 Å². The molecule has 22 heavy (non-hydrogen) atoms. The summed E-state index contributed by atoms with van der Waals surface area (Å²) in [5.74, 6) is 0.493. The van der Waals surface area contributed by atoms with Gasteiger partial charge >= 0.3 is 0 Å². The molecule has 0 aliphatic rings. The minimum atomic E-state index is -3.78. The summed E-state index contributed by atoms with van der Waals surface area (Å²) in [4.78, 5) is 11.7. The van der Waals surface area contributed by atoms with Crippen LogP contribution in [0.15, 0.2) is 46.2 Å². The molecule has 0 aliphatic heterocycles. The Bertz CT molecular complexity index is 1020. The van der Waals surface area contributed by atoms with Crippen LogP contribution in [0, 0.1) is 13.8 Å². The normalized spacial score (nSPS) is 11.7. The van der Waals surface area contributed by atoms with Gasteiger partial charge in [-0.05, 0) is 31.5 Å². The van der Waals surface area contributed by atoms with E-state index in [1.165, 1.54) is 16.7 Å². The second-order valence-corrected chi connectivity index (χ2v) is 6.63. The molecule has 0 saturated heterocycles. The molecule has 0 unspecified atom stereocenters. The molecule has 0 bridgehead atoms. The van der Waals surface area contributed by atoms with Gasteiger partial charge in [0.2, 0.25) is 0 Å². The summed E-state index contributed by atoms with van der Waals surface area (Å²) >= 11 is 0. The molecule has 3 aromatic rings. The molecule has 114 valence electrons. The lowest BCUT2D eigenvalue weighted by atomic mass is 10.2. The van der Waals surface area contributed by atoms with E-state index in [0.29, 0.717) is 11.5 Å². The number of aromatic nitrogens is 3. The van der Waals surface area contributed by atoms with Gasteiger partial charge < -0.3 is 0 Å². The average Bonchev–Trinajstić information content (AvgIpc) is 2.93. The first kappa shape index (κ1) is 14.3. The maximum atomic E-state index is 12.5. The Morgan fingerprint density at radius 2 is 1.95 bits per heavy atom. The van der Waals surface area contributed by atoms with Crippen LogP contribution in [0.3, 0.4) is 0 Å². The fourth-order valence-corrected chi connectivity index (χ4v) is 3.31. The van der Waals surface area contributed by atoms with Crippen molar-refractivity contribution in [3.63, 3.8) is 0 Å². The quantitative estimate of drug-likeness (QED) is 0.763. The molecule has 0 fully saturated rings. The van der Waals surface area contributed by atoms with E-state index in [-0.39, 0.29) is 10.4 Å². The molecule has 0 spiro atoms. The largest absolute Gasteiger partial charge is 0.298 e. The van der Waals surface area contributed by atoms with Crippen molar-refractivity contribution in [3.05, 3.63) is 58.3 Å². The molecule has 0 saturated carbocycles. The third kappa shape index (κ3) is 2.37. The van der Waals surface area contributed by atoms with Crippen LogP contribution in [0.1, 0.15) is 11.4 Å². The third-order valence-corrected chi connectivity index (χ3v) is 4.73. The van der Waals surface area contributed by atoms with Gasteiger partial charge in [-0.3, -0.25) is 13.9 Å². The molecule has 0 amide bonds. The first-order valence-electron chi connectivity index (χ1n) is 6.54. The number of anilines is 1. The number of benzene rings is 1. The van der Waals surface area contributed by atoms with Crippen LogP contribution >= 0.6 is 0 Å². The predicted octanol–water partition coefficient (Wildman–Crippen LogP) is 1.44. The van der Waals surface area contributed by atoms with Crippen LogP contribution in [0.5, 0.6) is 0 Å². The highest BCUT2D eigenvalue weighted by atomic mass is 32.2. The van der Waals surface area contributed by atoms with Crippen molar-refractivity contribution in [3.8, 4) is 0 Å². The molecule has 8 heteroatoms. The van der Waals surface area contributed by atoms with E-state index in [1.54, 1.807) is 19.1 Å². The van der Waals surface area contributed by atoms with Gasteiger partial charge in [0.1, 0.15) is 16.2 Å². The van der Waals surface area contributed by atoms with Gasteiger partial charge in [-0.25, -0.2) is 13.5 Å². The number of fused-ring (bicyclic) bond motifs is 1. The summed E-state index contributed by atoms with van der Waals surface area (Å²) in [7, 11) is -3.78. The minimum absolute atomic E-state index is 0.0114. The molecule has 3 rings (SSSR count). The van der Waals surface area contributed by atoms with Crippen LogP contribution in [0.4, 0.5) is 5.69 Å². The van der Waals surface area contributed by atoms with E-state index in [1.807, 2.05) is 19.1 Å². The molecule has 7 nitrogen and oxygen atoms in total. The summed E-state index contributed by atoms with van der Waals surface area (Å²) in [5, 5.41) is 6.14. The number of para-hydroxylation sites is 1. The Kier molecular flexibility index (Phi) is 3.25. The third-order valence-electron chi connectivity index (χ3n) is 3.40. The maximum absolute atomic E-state index is 12.5. The molecule has 0 atom stereocenters. The zero-order valence-corrected chi connectivity index (χ0v) is 12.8. The second-order valence-electron chi connectivity index (χ2n) is 4.95. The molecule has 0 radical (unpaired) electrons. The number of H-pyrrole nitrogens is 1. The monoisotopic (exact) mass is 318 g/mol. The van der Waals surface area contributed by atoms with Crippen molar-refractivity contribution in [1.82, 2.24) is 14.6 Å². The highest BCUT2D eigenvalue weighted by Crippen LogP contribution is 2.20. The molecule has 2 aromatic heterocycles. The summed E-state index contributed by atoms with van der Waals surface area (Å²) in [6, 6.07) is 8.40. The highest BCUT2D eigenvalue weighted by Gasteiger charge is 2.19. The fourth-order valence-electron chi connectivity index (χ4n) is 2.16. The van der Waals surface area contributed by atoms with Crippen LogP contribution in [-0.2, 0) is 10.0 Å². The van der Waals surface area contributed by atoms with E-state index in [2.05, 4.69) is 14.9 Å². The number of aryl methyl sites for hydroxylation is 2. The summed E-state index contributed by atoms with van der Waals surface area (Å²) in [5.41, 5.74) is 1.10. The van der Waals surface area contributed by atoms with Crippen LogP contribution < -0.4 is 10.3 Å². The average molecular weight is 318 g/mol. The molecule has 1 aromatic carbocycles. The Balaban J connectivity index is 2.10. The van der Waals surface area contributed by atoms with Gasteiger partial charge in [0.05, 0.1) is 5.69 Å². The van der Waals surface area contributed by atoms with E-state index in [4.69, 9.17) is 0 Å². The number of rotatable bonds is 3. The van der Waals surface area contributed by atoms with Crippen LogP contribution in [-0.4, -0.2) is 23.0 Å². The van der Waals surface area contributed by atoms with E-state index >= 15 is 0 Å². The zero-order valence-electron chi connectivity index (χ0n) is 12.0. The van der Waals surface area contributed by atoms with Gasteiger partial charge in [-0.2, -0.15) is 5.10 Å². The second kappa shape index (κ2) is 4.99. The first-order valence-corrected chi connectivity index (χ1v) is 8.02. The Hall–Kier alpha value is -2.61. The van der Waals surface area contributed by atoms with Crippen molar-refractivity contribution in [2.75, 3.05) is 4.72 Å². The molecular formula is C14H14N4O3S. The lowest BCUT2D eigenvalue weighted by molar-refractivity contribution is 0.601. The summed E-state index contributed by atoms with van der Waals surface area (Å²) in [6.45, 7) is 3.49. The van der Waals surface area contributed by atoms with E-state index < -0.39 is 15.6 Å². The summed E-state index contributed by atoms with van der Waals surface area (Å²) < 4.78 is 29.0. The number of hydrogen-bond donors (Lipinski definition) is 2. The van der Waals surface area contributed by atoms with Crippen molar-refractivity contribution in [2.24, 2.45) is 0 Å². The molecule has 2 heterocycles. The lowest BCUT2D eigenvalue weighted by Gasteiger charge is -2.08. The summed E-state index contributed by atoms with van der Waals surface area (Å²) in [6.07, 6.45) is 1.38. The van der Waals surface area contributed by atoms with Gasteiger partial charge in [0, 0.05) is 6.20 Å². The van der Waals surface area contributed by atoms with Gasteiger partial charge in [-0.15, -0.1) is 0 Å². The highest BCUT2D eigenvalue weighted by molar-refractivity contribution is 7.92. The van der Waals surface area contributed by atoms with E-state index in [0.717, 1.165) is 5.56 Å². The van der Waals surface area contributed by atoms with Crippen molar-refractivity contribution >= 4 is 21.2 Å². The topological polar surface area (TPSA) is 96.3 Å². The van der Waals surface area contributed by atoms with Crippen molar-refractivity contribution in [2.45, 2.75) is 18.7 Å². The number of hydrogen-bond acceptors (Lipinski definition) is 4. The minimum Gasteiger partial charge on any atom is -0.298 e. The molecular weight excluding hydrogens is 304 g/mol. The fraction of sp³-hybridized carbons (Fsp3) is 0.143. The number of nitrogens with one attached hydrogen (secondary N) is 2. The zero-order chi connectivity index (χ0) is 15.9. The number of nitrogens with zero attached hydrogens (tertiary/aromatic N) is 2. The SMILES string of the molecule is Cc1ccccc1NS(=O)(=O)c1cc2c(=O)[nH]nc(C)n2c1. The van der Waals surface area contributed by atoms with Crippen LogP contribution in [0.2, 0.25) is 0 Å². The maximum Gasteiger partial charge on any atom is 0.288 e.